The lowest BCUT2D eigenvalue weighted by atomic mass is 9.86. The van der Waals surface area contributed by atoms with Crippen molar-refractivity contribution in [2.45, 2.75) is 65.7 Å². The molecule has 2 aliphatic heterocycles. The molecule has 192 valence electrons. The monoisotopic (exact) mass is 511 g/mol. The average Bonchev–Trinajstić information content (AvgIpc) is 3.05. The van der Waals surface area contributed by atoms with Crippen molar-refractivity contribution >= 4 is 32.5 Å². The van der Waals surface area contributed by atoms with Crippen molar-refractivity contribution in [1.29, 1.82) is 4.78 Å². The van der Waals surface area contributed by atoms with Gasteiger partial charge in [0.25, 0.3) is 0 Å². The van der Waals surface area contributed by atoms with Crippen molar-refractivity contribution in [2.75, 3.05) is 17.1 Å². The predicted octanol–water partition coefficient (Wildman–Crippen LogP) is 5.58. The van der Waals surface area contributed by atoms with E-state index in [-0.39, 0.29) is 5.75 Å². The minimum absolute atomic E-state index is 0.159. The molecule has 0 bridgehead atoms. The molecule has 8 nitrogen and oxygen atoms in total. The zero-order valence-corrected chi connectivity index (χ0v) is 22.2. The summed E-state index contributed by atoms with van der Waals surface area (Å²) < 4.78 is 38.4. The minimum atomic E-state index is -3.10. The predicted molar refractivity (Wildman–Crippen MR) is 141 cm³/mol. The Morgan fingerprint density at radius 2 is 2.06 bits per heavy atom. The molecule has 0 aliphatic carbocycles. The summed E-state index contributed by atoms with van der Waals surface area (Å²) in [4.78, 5) is 12.7. The minimum Gasteiger partial charge on any atom is -0.493 e. The number of aryl methyl sites for hydroxylation is 3. The Labute approximate surface area is 211 Å². The van der Waals surface area contributed by atoms with Crippen LogP contribution in [0.15, 0.2) is 24.4 Å². The molecular weight excluding hydrogens is 478 g/mol. The fraction of sp³-hybridized carbons (Fsp3) is 0.444. The zero-order chi connectivity index (χ0) is 26.0. The Balaban J connectivity index is 1.91. The first-order valence-electron chi connectivity index (χ1n) is 12.2. The number of carbonyl (C=O) groups is 1. The van der Waals surface area contributed by atoms with Crippen LogP contribution in [0.2, 0.25) is 0 Å². The van der Waals surface area contributed by atoms with E-state index in [0.717, 1.165) is 51.7 Å². The fourth-order valence-electron chi connectivity index (χ4n) is 5.39. The number of anilines is 1. The van der Waals surface area contributed by atoms with Gasteiger partial charge in [-0.25, -0.2) is 13.8 Å². The molecule has 0 spiro atoms. The molecule has 0 radical (unpaired) electrons. The van der Waals surface area contributed by atoms with Crippen LogP contribution in [-0.2, 0) is 32.4 Å². The number of hydrogen-bond acceptors (Lipinski definition) is 5. The third-order valence-corrected chi connectivity index (χ3v) is 8.14. The van der Waals surface area contributed by atoms with Gasteiger partial charge in [0, 0.05) is 23.7 Å². The van der Waals surface area contributed by atoms with Crippen molar-refractivity contribution in [3.05, 3.63) is 46.6 Å². The van der Waals surface area contributed by atoms with Crippen LogP contribution in [0.1, 0.15) is 55.5 Å². The Hall–Kier alpha value is -3.04. The van der Waals surface area contributed by atoms with Gasteiger partial charge in [0.15, 0.2) is 6.10 Å². The van der Waals surface area contributed by atoms with E-state index >= 15 is 0 Å². The lowest BCUT2D eigenvalue weighted by Crippen LogP contribution is -2.28. The van der Waals surface area contributed by atoms with Crippen molar-refractivity contribution in [3.63, 3.8) is 0 Å². The number of aromatic nitrogens is 1. The van der Waals surface area contributed by atoms with Crippen LogP contribution in [0.4, 0.5) is 5.69 Å². The molecule has 0 amide bonds. The number of aliphatic carboxylic acids is 1. The van der Waals surface area contributed by atoms with Crippen LogP contribution in [0.25, 0.3) is 22.0 Å². The lowest BCUT2D eigenvalue weighted by molar-refractivity contribution is -0.160. The maximum Gasteiger partial charge on any atom is 0.337 e. The van der Waals surface area contributed by atoms with E-state index in [1.54, 1.807) is 0 Å². The second kappa shape index (κ2) is 8.52. The van der Waals surface area contributed by atoms with E-state index in [9.17, 15) is 14.1 Å². The molecule has 0 saturated heterocycles. The summed E-state index contributed by atoms with van der Waals surface area (Å²) in [5.74, 6) is -0.0782. The van der Waals surface area contributed by atoms with Crippen LogP contribution in [0.5, 0.6) is 5.75 Å². The summed E-state index contributed by atoms with van der Waals surface area (Å²) in [6, 6.07) is 6.04. The van der Waals surface area contributed by atoms with Gasteiger partial charge in [-0.1, -0.05) is 6.07 Å². The van der Waals surface area contributed by atoms with Gasteiger partial charge in [0.1, 0.15) is 15.7 Å². The zero-order valence-electron chi connectivity index (χ0n) is 21.4. The molecule has 2 aromatic carbocycles. The number of benzene rings is 2. The van der Waals surface area contributed by atoms with Gasteiger partial charge < -0.3 is 19.1 Å². The fourth-order valence-corrected chi connectivity index (χ4v) is 6.52. The van der Waals surface area contributed by atoms with Crippen LogP contribution in [-0.4, -0.2) is 37.8 Å². The van der Waals surface area contributed by atoms with E-state index in [0.29, 0.717) is 30.0 Å². The smallest absolute Gasteiger partial charge is 0.337 e. The van der Waals surface area contributed by atoms with Crippen LogP contribution in [0, 0.1) is 18.6 Å². The summed E-state index contributed by atoms with van der Waals surface area (Å²) in [6.45, 7) is 10.5. The number of carboxylic acids is 1. The molecule has 5 rings (SSSR count). The first kappa shape index (κ1) is 24.6. The van der Waals surface area contributed by atoms with Crippen molar-refractivity contribution in [3.8, 4) is 16.9 Å². The molecule has 3 heterocycles. The first-order valence-corrected chi connectivity index (χ1v) is 14.0. The Bertz CT molecular complexity index is 1500. The normalized spacial score (nSPS) is 20.2. The number of fused-ring (bicyclic) bond motifs is 1. The highest BCUT2D eigenvalue weighted by Gasteiger charge is 2.35. The number of carboxylic acid groups (broad SMARTS) is 1. The SMILES string of the molecule is Cc1c(C(OC(C)(C)C)C(=O)O)c(-c2ccc3c(c2)CCCO3)c2c(C)cn3c2c1NS(=N)(=O)CC3. The van der Waals surface area contributed by atoms with E-state index in [2.05, 4.69) is 10.8 Å². The van der Waals surface area contributed by atoms with Crippen LogP contribution >= 0.6 is 0 Å². The summed E-state index contributed by atoms with van der Waals surface area (Å²) in [7, 11) is -3.10. The van der Waals surface area contributed by atoms with Crippen molar-refractivity contribution in [2.24, 2.45) is 0 Å². The molecule has 2 atom stereocenters. The van der Waals surface area contributed by atoms with Gasteiger partial charge in [-0.05, 0) is 87.4 Å². The quantitative estimate of drug-likeness (QED) is 0.423. The molecule has 36 heavy (non-hydrogen) atoms. The van der Waals surface area contributed by atoms with Gasteiger partial charge in [-0.2, -0.15) is 0 Å². The molecule has 9 heteroatoms. The molecular formula is C27H33N3O5S. The average molecular weight is 512 g/mol. The summed E-state index contributed by atoms with van der Waals surface area (Å²) in [6.07, 6.45) is 2.56. The molecule has 0 saturated carbocycles. The van der Waals surface area contributed by atoms with E-state index < -0.39 is 27.6 Å². The standard InChI is InChI=1S/C27H33N3O5S/c1-15-14-30-10-12-36(28,33)29-23-16(2)21(25(26(31)32)35-27(3,4)5)22(20(15)24(23)30)18-8-9-19-17(13-18)7-6-11-34-19/h8-9,13-14,25H,6-7,10-12H2,1-5H3,(H,31,32)(H2,28,29,33). The molecule has 3 aromatic rings. The second-order valence-corrected chi connectivity index (χ2v) is 12.7. The maximum absolute atomic E-state index is 13.0. The number of rotatable bonds is 4. The van der Waals surface area contributed by atoms with E-state index in [1.807, 2.05) is 57.5 Å². The van der Waals surface area contributed by atoms with Gasteiger partial charge in [0.2, 0.25) is 0 Å². The van der Waals surface area contributed by atoms with Crippen LogP contribution < -0.4 is 9.46 Å². The molecule has 2 aliphatic rings. The Kier molecular flexibility index (Phi) is 5.83. The van der Waals surface area contributed by atoms with Gasteiger partial charge in [0.05, 0.1) is 29.2 Å². The lowest BCUT2D eigenvalue weighted by Gasteiger charge is -2.30. The molecule has 2 unspecified atom stereocenters. The topological polar surface area (TPSA) is 114 Å². The molecule has 0 fully saturated rings. The number of ether oxygens (including phenoxy) is 2. The van der Waals surface area contributed by atoms with Gasteiger partial charge in [-0.3, -0.25) is 4.72 Å². The summed E-state index contributed by atoms with van der Waals surface area (Å²) in [5, 5.41) is 11.3. The highest BCUT2D eigenvalue weighted by molar-refractivity contribution is 7.93. The third kappa shape index (κ3) is 4.24. The van der Waals surface area contributed by atoms with Crippen molar-refractivity contribution in [1.82, 2.24) is 4.57 Å². The number of nitrogens with one attached hydrogen (secondary N) is 2. The Morgan fingerprint density at radius 1 is 1.31 bits per heavy atom. The maximum atomic E-state index is 13.0. The van der Waals surface area contributed by atoms with Crippen LogP contribution in [0.3, 0.4) is 0 Å². The van der Waals surface area contributed by atoms with E-state index in [4.69, 9.17) is 14.3 Å². The largest absolute Gasteiger partial charge is 0.493 e. The molecule has 1 aromatic heterocycles. The molecule has 3 N–H and O–H groups in total. The van der Waals surface area contributed by atoms with Gasteiger partial charge in [-0.15, -0.1) is 0 Å². The number of nitrogens with zero attached hydrogens (tertiary/aromatic N) is 1. The van der Waals surface area contributed by atoms with Gasteiger partial charge >= 0.3 is 5.97 Å². The second-order valence-electron chi connectivity index (χ2n) is 10.7. The summed E-state index contributed by atoms with van der Waals surface area (Å²) in [5.41, 5.74) is 5.57. The highest BCUT2D eigenvalue weighted by Crippen LogP contribution is 2.48. The highest BCUT2D eigenvalue weighted by atomic mass is 32.2. The van der Waals surface area contributed by atoms with Crippen molar-refractivity contribution < 1.29 is 23.6 Å². The van der Waals surface area contributed by atoms with E-state index in [1.165, 1.54) is 0 Å². The number of hydrogen-bond donors (Lipinski definition) is 3. The summed E-state index contributed by atoms with van der Waals surface area (Å²) >= 11 is 0. The Morgan fingerprint density at radius 3 is 2.75 bits per heavy atom. The third-order valence-electron chi connectivity index (χ3n) is 6.84. The first-order chi connectivity index (χ1) is 16.9.